The van der Waals surface area contributed by atoms with Crippen molar-refractivity contribution in [1.29, 1.82) is 0 Å². The summed E-state index contributed by atoms with van der Waals surface area (Å²) in [7, 11) is 0. The molecule has 2 fully saturated rings. The predicted molar refractivity (Wildman–Crippen MR) is 55.0 cm³/mol. The van der Waals surface area contributed by atoms with Crippen molar-refractivity contribution in [1.82, 2.24) is 0 Å². The van der Waals surface area contributed by atoms with E-state index in [9.17, 15) is 4.79 Å². The molecule has 0 radical (unpaired) electrons. The quantitative estimate of drug-likeness (QED) is 0.651. The van der Waals surface area contributed by atoms with Crippen molar-refractivity contribution in [2.45, 2.75) is 46.5 Å². The Kier molecular flexibility index (Phi) is 1.82. The normalized spacial score (nSPS) is 39.9. The van der Waals surface area contributed by atoms with E-state index in [1.54, 1.807) is 0 Å². The highest BCUT2D eigenvalue weighted by atomic mass is 16.4. The molecule has 14 heavy (non-hydrogen) atoms. The van der Waals surface area contributed by atoms with Gasteiger partial charge in [0.05, 0.1) is 5.41 Å². The van der Waals surface area contributed by atoms with E-state index in [1.807, 2.05) is 6.92 Å². The van der Waals surface area contributed by atoms with E-state index in [-0.39, 0.29) is 0 Å². The third kappa shape index (κ3) is 1.37. The van der Waals surface area contributed by atoms with Gasteiger partial charge < -0.3 is 5.11 Å². The molecule has 78 valence electrons. The molecule has 0 spiro atoms. The first-order valence-corrected chi connectivity index (χ1v) is 5.30. The van der Waals surface area contributed by atoms with Crippen molar-refractivity contribution in [3.05, 3.63) is 11.1 Å². The van der Waals surface area contributed by atoms with E-state index >= 15 is 0 Å². The fraction of sp³-hybridized carbons (Fsp3) is 0.750. The third-order valence-electron chi connectivity index (χ3n) is 3.77. The Morgan fingerprint density at radius 2 is 1.93 bits per heavy atom. The summed E-state index contributed by atoms with van der Waals surface area (Å²) in [5.41, 5.74) is 2.54. The topological polar surface area (TPSA) is 37.3 Å². The Labute approximate surface area is 85.0 Å². The van der Waals surface area contributed by atoms with Gasteiger partial charge in [-0.05, 0) is 38.0 Å². The van der Waals surface area contributed by atoms with Gasteiger partial charge in [-0.3, -0.25) is 4.79 Å². The molecule has 2 rings (SSSR count). The van der Waals surface area contributed by atoms with Crippen molar-refractivity contribution < 1.29 is 9.90 Å². The molecule has 1 atom stereocenters. The summed E-state index contributed by atoms with van der Waals surface area (Å²) in [6, 6.07) is 0. The van der Waals surface area contributed by atoms with Crippen LogP contribution in [0.4, 0.5) is 0 Å². The Morgan fingerprint density at radius 3 is 2.29 bits per heavy atom. The summed E-state index contributed by atoms with van der Waals surface area (Å²) in [6.45, 7) is 6.38. The van der Waals surface area contributed by atoms with Crippen LogP contribution in [0.25, 0.3) is 0 Å². The van der Waals surface area contributed by atoms with E-state index in [1.165, 1.54) is 17.6 Å². The lowest BCUT2D eigenvalue weighted by Crippen LogP contribution is -2.10. The van der Waals surface area contributed by atoms with E-state index in [4.69, 9.17) is 5.11 Å². The highest BCUT2D eigenvalue weighted by Crippen LogP contribution is 2.58. The number of allylic oxidation sites excluding steroid dienone is 1. The lowest BCUT2D eigenvalue weighted by molar-refractivity contribution is -0.141. The van der Waals surface area contributed by atoms with Gasteiger partial charge in [0.25, 0.3) is 0 Å². The maximum absolute atomic E-state index is 11.0. The Balaban J connectivity index is 2.19. The molecule has 0 bridgehead atoms. The van der Waals surface area contributed by atoms with Crippen LogP contribution in [0.2, 0.25) is 0 Å². The largest absolute Gasteiger partial charge is 0.481 e. The van der Waals surface area contributed by atoms with E-state index < -0.39 is 11.4 Å². The maximum atomic E-state index is 11.0. The number of carboxylic acids is 1. The molecule has 0 amide bonds. The molecule has 0 heterocycles. The molecule has 2 aliphatic carbocycles. The molecule has 2 aliphatic rings. The summed E-state index contributed by atoms with van der Waals surface area (Å²) < 4.78 is 0. The summed E-state index contributed by atoms with van der Waals surface area (Å²) in [4.78, 5) is 11.0. The first-order valence-electron chi connectivity index (χ1n) is 5.30. The molecule has 2 heteroatoms. The van der Waals surface area contributed by atoms with Crippen LogP contribution in [0.1, 0.15) is 46.5 Å². The van der Waals surface area contributed by atoms with Crippen molar-refractivity contribution in [2.24, 2.45) is 10.8 Å². The SMILES string of the molecule is CC1(C)CCC(=C2CC2(C)C(=O)O)C1. The van der Waals surface area contributed by atoms with E-state index in [2.05, 4.69) is 13.8 Å². The molecular formula is C12H18O2. The minimum atomic E-state index is -0.648. The molecule has 2 nitrogen and oxygen atoms in total. The second kappa shape index (κ2) is 2.62. The van der Waals surface area contributed by atoms with Crippen LogP contribution in [-0.2, 0) is 4.79 Å². The molecule has 2 saturated carbocycles. The summed E-state index contributed by atoms with van der Waals surface area (Å²) in [5.74, 6) is -0.648. The molecule has 0 aromatic rings. The van der Waals surface area contributed by atoms with Crippen molar-refractivity contribution in [2.75, 3.05) is 0 Å². The highest BCUT2D eigenvalue weighted by Gasteiger charge is 2.53. The Bertz CT molecular complexity index is 325. The van der Waals surface area contributed by atoms with E-state index in [0.717, 1.165) is 19.3 Å². The van der Waals surface area contributed by atoms with Crippen molar-refractivity contribution in [3.8, 4) is 0 Å². The van der Waals surface area contributed by atoms with Gasteiger partial charge in [0.15, 0.2) is 0 Å². The van der Waals surface area contributed by atoms with Gasteiger partial charge in [0.2, 0.25) is 0 Å². The number of carbonyl (C=O) groups is 1. The third-order valence-corrected chi connectivity index (χ3v) is 3.77. The zero-order chi connectivity index (χ0) is 10.6. The number of rotatable bonds is 1. The average molecular weight is 194 g/mol. The average Bonchev–Trinajstić information content (AvgIpc) is 2.61. The highest BCUT2D eigenvalue weighted by molar-refractivity contribution is 5.84. The fourth-order valence-electron chi connectivity index (χ4n) is 2.53. The number of hydrogen-bond acceptors (Lipinski definition) is 1. The number of carboxylic acid groups (broad SMARTS) is 1. The summed E-state index contributed by atoms with van der Waals surface area (Å²) in [5, 5.41) is 9.04. The molecule has 1 unspecified atom stereocenters. The molecule has 0 saturated heterocycles. The fourth-order valence-corrected chi connectivity index (χ4v) is 2.53. The number of aliphatic carboxylic acids is 1. The maximum Gasteiger partial charge on any atom is 0.313 e. The lowest BCUT2D eigenvalue weighted by atomic mass is 9.91. The minimum Gasteiger partial charge on any atom is -0.481 e. The van der Waals surface area contributed by atoms with Gasteiger partial charge in [0, 0.05) is 0 Å². The van der Waals surface area contributed by atoms with Gasteiger partial charge in [-0.1, -0.05) is 25.0 Å². The van der Waals surface area contributed by atoms with Gasteiger partial charge >= 0.3 is 5.97 Å². The Morgan fingerprint density at radius 1 is 1.29 bits per heavy atom. The molecule has 1 N–H and O–H groups in total. The van der Waals surface area contributed by atoms with Crippen LogP contribution in [0.15, 0.2) is 11.1 Å². The predicted octanol–water partition coefficient (Wildman–Crippen LogP) is 2.99. The lowest BCUT2D eigenvalue weighted by Gasteiger charge is -2.14. The second-order valence-corrected chi connectivity index (χ2v) is 5.74. The van der Waals surface area contributed by atoms with Gasteiger partial charge in [-0.2, -0.15) is 0 Å². The first-order chi connectivity index (χ1) is 6.35. The molecule has 0 aliphatic heterocycles. The number of hydrogen-bond donors (Lipinski definition) is 1. The van der Waals surface area contributed by atoms with Crippen molar-refractivity contribution >= 4 is 5.97 Å². The summed E-state index contributed by atoms with van der Waals surface area (Å²) in [6.07, 6.45) is 4.21. The van der Waals surface area contributed by atoms with Gasteiger partial charge in [0.1, 0.15) is 0 Å². The van der Waals surface area contributed by atoms with Crippen LogP contribution < -0.4 is 0 Å². The van der Waals surface area contributed by atoms with Crippen LogP contribution in [0.3, 0.4) is 0 Å². The van der Waals surface area contributed by atoms with Crippen LogP contribution in [0, 0.1) is 10.8 Å². The van der Waals surface area contributed by atoms with Gasteiger partial charge in [-0.15, -0.1) is 0 Å². The zero-order valence-electron chi connectivity index (χ0n) is 9.18. The second-order valence-electron chi connectivity index (χ2n) is 5.74. The molecule has 0 aromatic heterocycles. The van der Waals surface area contributed by atoms with E-state index in [0.29, 0.717) is 5.41 Å². The van der Waals surface area contributed by atoms with Gasteiger partial charge in [-0.25, -0.2) is 0 Å². The van der Waals surface area contributed by atoms with Crippen molar-refractivity contribution in [3.63, 3.8) is 0 Å². The zero-order valence-corrected chi connectivity index (χ0v) is 9.18. The van der Waals surface area contributed by atoms with Crippen LogP contribution >= 0.6 is 0 Å². The molecular weight excluding hydrogens is 176 g/mol. The smallest absolute Gasteiger partial charge is 0.313 e. The van der Waals surface area contributed by atoms with Crippen LogP contribution in [-0.4, -0.2) is 11.1 Å². The molecule has 0 aromatic carbocycles. The monoisotopic (exact) mass is 194 g/mol. The van der Waals surface area contributed by atoms with Crippen LogP contribution in [0.5, 0.6) is 0 Å². The standard InChI is InChI=1S/C12H18O2/c1-11(2)5-4-8(6-11)9-7-12(9,3)10(13)14/h4-7H2,1-3H3,(H,13,14). The Hall–Kier alpha value is -0.790. The summed E-state index contributed by atoms with van der Waals surface area (Å²) >= 11 is 0. The first kappa shape index (κ1) is 9.75. The minimum absolute atomic E-state index is 0.393.